The van der Waals surface area contributed by atoms with Gasteiger partial charge in [0.1, 0.15) is 0 Å². The van der Waals surface area contributed by atoms with Crippen LogP contribution in [0.2, 0.25) is 0 Å². The summed E-state index contributed by atoms with van der Waals surface area (Å²) < 4.78 is 2.08. The molecule has 0 fully saturated rings. The maximum absolute atomic E-state index is 5.06. The number of nitrogens with one attached hydrogen (secondary N) is 1. The first-order chi connectivity index (χ1) is 7.84. The second-order valence-corrected chi connectivity index (χ2v) is 3.65. The zero-order chi connectivity index (χ0) is 11.0. The second-order valence-electron chi connectivity index (χ2n) is 3.26. The Kier molecular flexibility index (Phi) is 2.00. The molecule has 1 N–H and O–H groups in total. The summed E-state index contributed by atoms with van der Waals surface area (Å²) >= 11 is 5.06. The minimum atomic E-state index is 0.487. The lowest BCUT2D eigenvalue weighted by atomic mass is 10.2. The van der Waals surface area contributed by atoms with Gasteiger partial charge in [-0.25, -0.2) is 5.10 Å². The van der Waals surface area contributed by atoms with Gasteiger partial charge in [-0.1, -0.05) is 0 Å². The molecule has 0 saturated heterocycles. The molecule has 0 radical (unpaired) electrons. The summed E-state index contributed by atoms with van der Waals surface area (Å²) in [6.45, 7) is 0. The largest absolute Gasteiger partial charge is 0.264 e. The van der Waals surface area contributed by atoms with E-state index in [9.17, 15) is 0 Å². The van der Waals surface area contributed by atoms with Gasteiger partial charge in [0, 0.05) is 18.0 Å². The highest BCUT2D eigenvalue weighted by Crippen LogP contribution is 2.14. The molecule has 0 bridgehead atoms. The summed E-state index contributed by atoms with van der Waals surface area (Å²) in [5.41, 5.74) is 2.48. The molecule has 0 spiro atoms. The number of hydrogen-bond acceptors (Lipinski definition) is 4. The lowest BCUT2D eigenvalue weighted by Gasteiger charge is -1.99. The van der Waals surface area contributed by atoms with Gasteiger partial charge in [0.2, 0.25) is 4.77 Å². The van der Waals surface area contributed by atoms with Crippen LogP contribution in [0.5, 0.6) is 0 Å². The van der Waals surface area contributed by atoms with Crippen LogP contribution in [0.4, 0.5) is 0 Å². The molecule has 0 aliphatic heterocycles. The van der Waals surface area contributed by atoms with Crippen molar-refractivity contribution >= 4 is 17.9 Å². The SMILES string of the molecule is S=c1[nH]nc2ccc(-c3cccnc3)nn12. The van der Waals surface area contributed by atoms with Crippen LogP contribution >= 0.6 is 12.2 Å². The Morgan fingerprint density at radius 1 is 1.25 bits per heavy atom. The van der Waals surface area contributed by atoms with Crippen LogP contribution in [-0.4, -0.2) is 24.8 Å². The standard InChI is InChI=1S/C10H7N5S/c16-10-13-12-9-4-3-8(14-15(9)10)7-2-1-5-11-6-7/h1-6H,(H,13,16). The average molecular weight is 229 g/mol. The van der Waals surface area contributed by atoms with Gasteiger partial charge in [-0.3, -0.25) is 4.98 Å². The van der Waals surface area contributed by atoms with E-state index in [2.05, 4.69) is 20.3 Å². The number of rotatable bonds is 1. The van der Waals surface area contributed by atoms with Crippen LogP contribution in [0, 0.1) is 4.77 Å². The van der Waals surface area contributed by atoms with E-state index >= 15 is 0 Å². The third kappa shape index (κ3) is 1.40. The van der Waals surface area contributed by atoms with Gasteiger partial charge >= 0.3 is 0 Å². The molecule has 5 nitrogen and oxygen atoms in total. The number of aromatic amines is 1. The fraction of sp³-hybridized carbons (Fsp3) is 0. The number of pyridine rings is 1. The van der Waals surface area contributed by atoms with Crippen LogP contribution in [0.25, 0.3) is 16.9 Å². The topological polar surface area (TPSA) is 58.9 Å². The molecule has 78 valence electrons. The van der Waals surface area contributed by atoms with Crippen molar-refractivity contribution in [3.8, 4) is 11.3 Å². The summed E-state index contributed by atoms with van der Waals surface area (Å²) in [5, 5.41) is 11.1. The van der Waals surface area contributed by atoms with Crippen molar-refractivity contribution in [1.82, 2.24) is 24.8 Å². The maximum atomic E-state index is 5.06. The van der Waals surface area contributed by atoms with Gasteiger partial charge < -0.3 is 0 Å². The first-order valence-electron chi connectivity index (χ1n) is 4.69. The molecule has 3 aromatic heterocycles. The smallest absolute Gasteiger partial charge is 0.216 e. The molecule has 0 amide bonds. The van der Waals surface area contributed by atoms with E-state index < -0.39 is 0 Å². The molecule has 0 unspecified atom stereocenters. The van der Waals surface area contributed by atoms with E-state index in [1.807, 2.05) is 24.3 Å². The van der Waals surface area contributed by atoms with E-state index in [0.717, 1.165) is 11.3 Å². The number of nitrogens with zero attached hydrogens (tertiary/aromatic N) is 4. The molecular formula is C10H7N5S. The lowest BCUT2D eigenvalue weighted by molar-refractivity contribution is 0.915. The highest BCUT2D eigenvalue weighted by Gasteiger charge is 2.02. The molecule has 16 heavy (non-hydrogen) atoms. The molecule has 3 heterocycles. The van der Waals surface area contributed by atoms with Gasteiger partial charge in [0.05, 0.1) is 5.69 Å². The highest BCUT2D eigenvalue weighted by molar-refractivity contribution is 7.71. The van der Waals surface area contributed by atoms with Gasteiger partial charge in [-0.05, 0) is 36.5 Å². The van der Waals surface area contributed by atoms with E-state index in [0.29, 0.717) is 10.4 Å². The van der Waals surface area contributed by atoms with Crippen molar-refractivity contribution < 1.29 is 0 Å². The molecule has 3 aromatic rings. The summed E-state index contributed by atoms with van der Waals surface area (Å²) in [4.78, 5) is 4.05. The Hall–Kier alpha value is -2.08. The Morgan fingerprint density at radius 3 is 3.00 bits per heavy atom. The van der Waals surface area contributed by atoms with Crippen LogP contribution < -0.4 is 0 Å². The number of fused-ring (bicyclic) bond motifs is 1. The molecular weight excluding hydrogens is 222 g/mol. The molecule has 0 aromatic carbocycles. The Bertz CT molecular complexity index is 685. The van der Waals surface area contributed by atoms with Gasteiger partial charge in [-0.2, -0.15) is 14.7 Å². The molecule has 6 heteroatoms. The van der Waals surface area contributed by atoms with Gasteiger partial charge in [0.25, 0.3) is 0 Å². The summed E-state index contributed by atoms with van der Waals surface area (Å²) in [5.74, 6) is 0. The van der Waals surface area contributed by atoms with Crippen molar-refractivity contribution in [2.75, 3.05) is 0 Å². The summed E-state index contributed by atoms with van der Waals surface area (Å²) in [6, 6.07) is 7.57. The number of hydrogen-bond donors (Lipinski definition) is 1. The maximum Gasteiger partial charge on any atom is 0.216 e. The third-order valence-corrected chi connectivity index (χ3v) is 2.50. The van der Waals surface area contributed by atoms with E-state index in [1.165, 1.54) is 0 Å². The summed E-state index contributed by atoms with van der Waals surface area (Å²) in [6.07, 6.45) is 3.49. The highest BCUT2D eigenvalue weighted by atomic mass is 32.1. The average Bonchev–Trinajstić information content (AvgIpc) is 2.72. The minimum Gasteiger partial charge on any atom is -0.264 e. The molecule has 0 aliphatic rings. The second kappa shape index (κ2) is 3.49. The number of aromatic nitrogens is 5. The minimum absolute atomic E-state index is 0.487. The van der Waals surface area contributed by atoms with E-state index in [-0.39, 0.29) is 0 Å². The van der Waals surface area contributed by atoms with Crippen molar-refractivity contribution in [2.45, 2.75) is 0 Å². The fourth-order valence-electron chi connectivity index (χ4n) is 1.47. The zero-order valence-corrected chi connectivity index (χ0v) is 8.98. The van der Waals surface area contributed by atoms with Crippen molar-refractivity contribution in [3.63, 3.8) is 0 Å². The Balaban J connectivity index is 2.26. The first-order valence-corrected chi connectivity index (χ1v) is 5.10. The first kappa shape index (κ1) is 9.17. The van der Waals surface area contributed by atoms with Crippen molar-refractivity contribution in [3.05, 3.63) is 41.4 Å². The Morgan fingerprint density at radius 2 is 2.19 bits per heavy atom. The Labute approximate surface area is 95.8 Å². The van der Waals surface area contributed by atoms with Crippen molar-refractivity contribution in [1.29, 1.82) is 0 Å². The predicted octanol–water partition coefficient (Wildman–Crippen LogP) is 1.85. The monoisotopic (exact) mass is 229 g/mol. The van der Waals surface area contributed by atoms with Crippen LogP contribution in [0.3, 0.4) is 0 Å². The van der Waals surface area contributed by atoms with E-state index in [1.54, 1.807) is 16.9 Å². The molecule has 3 rings (SSSR count). The van der Waals surface area contributed by atoms with Gasteiger partial charge in [-0.15, -0.1) is 0 Å². The fourth-order valence-corrected chi connectivity index (χ4v) is 1.65. The zero-order valence-electron chi connectivity index (χ0n) is 8.16. The molecule has 0 aliphatic carbocycles. The lowest BCUT2D eigenvalue weighted by Crippen LogP contribution is -1.94. The van der Waals surface area contributed by atoms with E-state index in [4.69, 9.17) is 12.2 Å². The number of H-pyrrole nitrogens is 1. The van der Waals surface area contributed by atoms with Crippen LogP contribution in [-0.2, 0) is 0 Å². The van der Waals surface area contributed by atoms with Crippen LogP contribution in [0.1, 0.15) is 0 Å². The quantitative estimate of drug-likeness (QED) is 0.647. The van der Waals surface area contributed by atoms with Crippen molar-refractivity contribution in [2.24, 2.45) is 0 Å². The summed E-state index contributed by atoms with van der Waals surface area (Å²) in [7, 11) is 0. The molecule has 0 atom stereocenters. The predicted molar refractivity (Wildman–Crippen MR) is 61.4 cm³/mol. The third-order valence-electron chi connectivity index (χ3n) is 2.23. The molecule has 0 saturated carbocycles. The van der Waals surface area contributed by atoms with Gasteiger partial charge in [0.15, 0.2) is 5.65 Å². The normalized spacial score (nSPS) is 10.8. The van der Waals surface area contributed by atoms with Crippen LogP contribution in [0.15, 0.2) is 36.7 Å².